The summed E-state index contributed by atoms with van der Waals surface area (Å²) in [5, 5.41) is 3.00. The van der Waals surface area contributed by atoms with Crippen LogP contribution in [0.25, 0.3) is 0 Å². The molecule has 0 aliphatic heterocycles. The summed E-state index contributed by atoms with van der Waals surface area (Å²) in [6.07, 6.45) is 0.746. The summed E-state index contributed by atoms with van der Waals surface area (Å²) in [6.45, 7) is 2.00. The SMILES string of the molecule is CC[C@@H](NC(=O)c1cccc(NS(=O)(=O)c2ccccc2)c1)c1ccccc1. The van der Waals surface area contributed by atoms with Gasteiger partial charge < -0.3 is 5.32 Å². The standard InChI is InChI=1S/C22H22N2O3S/c1-2-21(17-10-5-3-6-11-17)23-22(25)18-12-9-13-19(16-18)24-28(26,27)20-14-7-4-8-15-20/h3-16,21,24H,2H2,1H3,(H,23,25)/t21-/m1/s1. The zero-order chi connectivity index (χ0) is 20.0. The molecule has 0 aliphatic carbocycles. The molecule has 1 atom stereocenters. The normalized spacial score (nSPS) is 12.2. The van der Waals surface area contributed by atoms with E-state index < -0.39 is 10.0 Å². The summed E-state index contributed by atoms with van der Waals surface area (Å²) in [5.41, 5.74) is 1.76. The van der Waals surface area contributed by atoms with Gasteiger partial charge in [0.25, 0.3) is 15.9 Å². The van der Waals surface area contributed by atoms with Gasteiger partial charge in [-0.1, -0.05) is 61.5 Å². The Kier molecular flexibility index (Phi) is 6.11. The third-order valence-electron chi connectivity index (χ3n) is 4.35. The van der Waals surface area contributed by atoms with Crippen molar-refractivity contribution in [2.75, 3.05) is 4.72 Å². The van der Waals surface area contributed by atoms with Crippen molar-refractivity contribution in [3.05, 3.63) is 96.1 Å². The van der Waals surface area contributed by atoms with Crippen LogP contribution in [0.3, 0.4) is 0 Å². The Morgan fingerprint density at radius 1 is 0.893 bits per heavy atom. The Morgan fingerprint density at radius 2 is 1.54 bits per heavy atom. The lowest BCUT2D eigenvalue weighted by Gasteiger charge is -2.18. The second-order valence-corrected chi connectivity index (χ2v) is 8.03. The minimum atomic E-state index is -3.71. The molecule has 1 amide bonds. The van der Waals surface area contributed by atoms with Crippen molar-refractivity contribution in [1.82, 2.24) is 5.32 Å². The number of rotatable bonds is 7. The maximum Gasteiger partial charge on any atom is 0.261 e. The molecule has 0 spiro atoms. The molecule has 0 radical (unpaired) electrons. The number of amides is 1. The van der Waals surface area contributed by atoms with Crippen molar-refractivity contribution >= 4 is 21.6 Å². The van der Waals surface area contributed by atoms with Crippen LogP contribution in [0, 0.1) is 0 Å². The highest BCUT2D eigenvalue weighted by Gasteiger charge is 2.16. The van der Waals surface area contributed by atoms with Crippen molar-refractivity contribution in [3.63, 3.8) is 0 Å². The van der Waals surface area contributed by atoms with Crippen LogP contribution < -0.4 is 10.0 Å². The Bertz CT molecular complexity index is 1040. The van der Waals surface area contributed by atoms with Gasteiger partial charge in [0.2, 0.25) is 0 Å². The van der Waals surface area contributed by atoms with E-state index in [1.807, 2.05) is 37.3 Å². The highest BCUT2D eigenvalue weighted by Crippen LogP contribution is 2.19. The van der Waals surface area contributed by atoms with Gasteiger partial charge in [0.05, 0.1) is 10.9 Å². The smallest absolute Gasteiger partial charge is 0.261 e. The number of carbonyl (C=O) groups is 1. The highest BCUT2D eigenvalue weighted by atomic mass is 32.2. The van der Waals surface area contributed by atoms with E-state index in [0.29, 0.717) is 11.3 Å². The van der Waals surface area contributed by atoms with Crippen LogP contribution in [0.4, 0.5) is 5.69 Å². The fourth-order valence-corrected chi connectivity index (χ4v) is 3.96. The molecule has 144 valence electrons. The minimum Gasteiger partial charge on any atom is -0.345 e. The van der Waals surface area contributed by atoms with E-state index in [1.54, 1.807) is 36.4 Å². The Balaban J connectivity index is 1.76. The zero-order valence-electron chi connectivity index (χ0n) is 15.5. The lowest BCUT2D eigenvalue weighted by molar-refractivity contribution is 0.0935. The van der Waals surface area contributed by atoms with Crippen LogP contribution in [-0.4, -0.2) is 14.3 Å². The average Bonchev–Trinajstić information content (AvgIpc) is 2.73. The molecule has 0 aromatic heterocycles. The fourth-order valence-electron chi connectivity index (χ4n) is 2.89. The molecule has 3 aromatic rings. The van der Waals surface area contributed by atoms with Gasteiger partial charge in [-0.05, 0) is 42.3 Å². The second-order valence-electron chi connectivity index (χ2n) is 6.34. The second kappa shape index (κ2) is 8.71. The lowest BCUT2D eigenvalue weighted by atomic mass is 10.0. The fraction of sp³-hybridized carbons (Fsp3) is 0.136. The number of carbonyl (C=O) groups excluding carboxylic acids is 1. The summed E-state index contributed by atoms with van der Waals surface area (Å²) >= 11 is 0. The van der Waals surface area contributed by atoms with E-state index in [1.165, 1.54) is 18.2 Å². The molecule has 0 bridgehead atoms. The summed E-state index contributed by atoms with van der Waals surface area (Å²) in [7, 11) is -3.71. The maximum absolute atomic E-state index is 12.7. The predicted molar refractivity (Wildman–Crippen MR) is 111 cm³/mol. The van der Waals surface area contributed by atoms with Crippen molar-refractivity contribution in [2.45, 2.75) is 24.3 Å². The third-order valence-corrected chi connectivity index (χ3v) is 5.74. The molecule has 0 unspecified atom stereocenters. The number of benzene rings is 3. The lowest BCUT2D eigenvalue weighted by Crippen LogP contribution is -2.28. The molecule has 5 nitrogen and oxygen atoms in total. The number of sulfonamides is 1. The van der Waals surface area contributed by atoms with Crippen LogP contribution in [0.5, 0.6) is 0 Å². The Morgan fingerprint density at radius 3 is 2.18 bits per heavy atom. The van der Waals surface area contributed by atoms with Crippen molar-refractivity contribution < 1.29 is 13.2 Å². The molecule has 28 heavy (non-hydrogen) atoms. The number of hydrogen-bond donors (Lipinski definition) is 2. The van der Waals surface area contributed by atoms with Gasteiger partial charge in [-0.3, -0.25) is 9.52 Å². The van der Waals surface area contributed by atoms with Crippen molar-refractivity contribution in [2.24, 2.45) is 0 Å². The van der Waals surface area contributed by atoms with E-state index in [9.17, 15) is 13.2 Å². The van der Waals surface area contributed by atoms with Gasteiger partial charge in [-0.15, -0.1) is 0 Å². The topological polar surface area (TPSA) is 75.3 Å². The molecule has 3 rings (SSSR count). The monoisotopic (exact) mass is 394 g/mol. The quantitative estimate of drug-likeness (QED) is 0.625. The molecule has 0 saturated heterocycles. The summed E-state index contributed by atoms with van der Waals surface area (Å²) in [6, 6.07) is 24.2. The van der Waals surface area contributed by atoms with E-state index in [0.717, 1.165) is 12.0 Å². The first-order valence-electron chi connectivity index (χ1n) is 9.03. The first kappa shape index (κ1) is 19.6. The molecule has 0 heterocycles. The molecule has 3 aromatic carbocycles. The molecular weight excluding hydrogens is 372 g/mol. The first-order valence-corrected chi connectivity index (χ1v) is 10.5. The van der Waals surface area contributed by atoms with Crippen LogP contribution in [-0.2, 0) is 10.0 Å². The number of anilines is 1. The van der Waals surface area contributed by atoms with Gasteiger partial charge in [-0.2, -0.15) is 0 Å². The number of hydrogen-bond acceptors (Lipinski definition) is 3. The van der Waals surface area contributed by atoms with E-state index >= 15 is 0 Å². The Hall–Kier alpha value is -3.12. The zero-order valence-corrected chi connectivity index (χ0v) is 16.3. The van der Waals surface area contributed by atoms with Crippen molar-refractivity contribution in [3.8, 4) is 0 Å². The van der Waals surface area contributed by atoms with Crippen LogP contribution in [0.15, 0.2) is 89.8 Å². The molecule has 2 N–H and O–H groups in total. The maximum atomic E-state index is 12.7. The van der Waals surface area contributed by atoms with Crippen LogP contribution in [0.2, 0.25) is 0 Å². The predicted octanol–water partition coefficient (Wildman–Crippen LogP) is 4.37. The van der Waals surface area contributed by atoms with Crippen molar-refractivity contribution in [1.29, 1.82) is 0 Å². The summed E-state index contributed by atoms with van der Waals surface area (Å²) < 4.78 is 27.5. The molecule has 0 fully saturated rings. The molecule has 0 aliphatic rings. The molecule has 0 saturated carbocycles. The minimum absolute atomic E-state index is 0.113. The van der Waals surface area contributed by atoms with E-state index in [2.05, 4.69) is 10.0 Å². The average molecular weight is 394 g/mol. The highest BCUT2D eigenvalue weighted by molar-refractivity contribution is 7.92. The number of nitrogens with one attached hydrogen (secondary N) is 2. The third kappa shape index (κ3) is 4.78. The van der Waals surface area contributed by atoms with Crippen LogP contribution >= 0.6 is 0 Å². The van der Waals surface area contributed by atoms with E-state index in [-0.39, 0.29) is 16.8 Å². The summed E-state index contributed by atoms with van der Waals surface area (Å²) in [5.74, 6) is -0.253. The molecular formula is C22H22N2O3S. The van der Waals surface area contributed by atoms with Gasteiger partial charge in [0.15, 0.2) is 0 Å². The van der Waals surface area contributed by atoms with Crippen LogP contribution in [0.1, 0.15) is 35.3 Å². The Labute approximate surface area is 165 Å². The van der Waals surface area contributed by atoms with Gasteiger partial charge in [-0.25, -0.2) is 8.42 Å². The molecule has 6 heteroatoms. The first-order chi connectivity index (χ1) is 13.5. The largest absolute Gasteiger partial charge is 0.345 e. The van der Waals surface area contributed by atoms with E-state index in [4.69, 9.17) is 0 Å². The summed E-state index contributed by atoms with van der Waals surface area (Å²) in [4.78, 5) is 12.9. The van der Waals surface area contributed by atoms with Gasteiger partial charge in [0, 0.05) is 11.3 Å². The van der Waals surface area contributed by atoms with Gasteiger partial charge >= 0.3 is 0 Å². The van der Waals surface area contributed by atoms with Gasteiger partial charge in [0.1, 0.15) is 0 Å².